The van der Waals surface area contributed by atoms with Crippen LogP contribution in [0.2, 0.25) is 0 Å². The highest BCUT2D eigenvalue weighted by Gasteiger charge is 2.19. The highest BCUT2D eigenvalue weighted by molar-refractivity contribution is 5.79. The van der Waals surface area contributed by atoms with Gasteiger partial charge in [0, 0.05) is 12.8 Å². The minimum Gasteiger partial charge on any atom is -0.389 e. The van der Waals surface area contributed by atoms with Gasteiger partial charge in [0.15, 0.2) is 0 Å². The maximum atomic E-state index is 12.4. The van der Waals surface area contributed by atoms with Crippen molar-refractivity contribution >= 4 is 11.8 Å². The van der Waals surface area contributed by atoms with Crippen molar-refractivity contribution in [2.24, 2.45) is 0 Å². The molecule has 0 aliphatic rings. The number of unbranched alkanes of at least 4 members (excludes halogenated alkanes) is 28. The lowest BCUT2D eigenvalue weighted by Crippen LogP contribution is -2.53. The summed E-state index contributed by atoms with van der Waals surface area (Å²) in [5, 5.41) is 15.7. The van der Waals surface area contributed by atoms with Gasteiger partial charge in [0.2, 0.25) is 11.8 Å². The quantitative estimate of drug-likeness (QED) is 0.0486. The van der Waals surface area contributed by atoms with Gasteiger partial charge in [0.05, 0.1) is 6.10 Å². The Morgan fingerprint density at radius 2 is 0.614 bits per heavy atom. The number of nitrogens with one attached hydrogen (secondary N) is 2. The zero-order chi connectivity index (χ0) is 32.4. The fraction of sp³-hybridized carbons (Fsp3) is 0.949. The SMILES string of the molecule is CCCCCCCCCCCCCCCCCC(=O)NC(NC(=O)CCCCCCCCCCCCCCCCC)C(C)O. The molecule has 262 valence electrons. The van der Waals surface area contributed by atoms with Crippen LogP contribution in [0, 0.1) is 0 Å². The lowest BCUT2D eigenvalue weighted by molar-refractivity contribution is -0.126. The van der Waals surface area contributed by atoms with Crippen molar-refractivity contribution in [2.75, 3.05) is 0 Å². The minimum atomic E-state index is -0.815. The molecule has 3 N–H and O–H groups in total. The largest absolute Gasteiger partial charge is 0.389 e. The van der Waals surface area contributed by atoms with Crippen LogP contribution >= 0.6 is 0 Å². The van der Waals surface area contributed by atoms with Crippen molar-refractivity contribution in [1.82, 2.24) is 10.6 Å². The number of aliphatic hydroxyl groups is 1. The summed E-state index contributed by atoms with van der Waals surface area (Å²) in [5.74, 6) is -0.171. The number of amides is 2. The molecule has 0 spiro atoms. The van der Waals surface area contributed by atoms with Gasteiger partial charge >= 0.3 is 0 Å². The summed E-state index contributed by atoms with van der Waals surface area (Å²) in [6.45, 7) is 6.17. The number of carbonyl (C=O) groups excluding carboxylic acids is 2. The van der Waals surface area contributed by atoms with Crippen LogP contribution in [0.3, 0.4) is 0 Å². The average molecular weight is 623 g/mol. The molecule has 0 radical (unpaired) electrons. The predicted molar refractivity (Wildman–Crippen MR) is 191 cm³/mol. The molecule has 0 fully saturated rings. The number of aliphatic hydroxyl groups excluding tert-OH is 1. The Hall–Kier alpha value is -1.10. The second-order valence-corrected chi connectivity index (χ2v) is 13.8. The van der Waals surface area contributed by atoms with E-state index in [0.29, 0.717) is 12.8 Å². The average Bonchev–Trinajstić information content (AvgIpc) is 3.00. The number of rotatable bonds is 35. The van der Waals surface area contributed by atoms with E-state index in [0.717, 1.165) is 25.7 Å². The molecule has 0 aromatic heterocycles. The van der Waals surface area contributed by atoms with Crippen LogP contribution in [0.15, 0.2) is 0 Å². The fourth-order valence-corrected chi connectivity index (χ4v) is 6.08. The van der Waals surface area contributed by atoms with Crippen molar-refractivity contribution in [1.29, 1.82) is 0 Å². The molecule has 0 aromatic rings. The third kappa shape index (κ3) is 32.3. The maximum Gasteiger partial charge on any atom is 0.221 e. The molecule has 5 nitrogen and oxygen atoms in total. The third-order valence-corrected chi connectivity index (χ3v) is 9.13. The first-order valence-corrected chi connectivity index (χ1v) is 19.8. The van der Waals surface area contributed by atoms with Gasteiger partial charge in [-0.05, 0) is 19.8 Å². The molecule has 44 heavy (non-hydrogen) atoms. The van der Waals surface area contributed by atoms with E-state index in [4.69, 9.17) is 0 Å². The smallest absolute Gasteiger partial charge is 0.221 e. The summed E-state index contributed by atoms with van der Waals surface area (Å²) in [5.41, 5.74) is 0. The molecule has 0 saturated heterocycles. The zero-order valence-corrected chi connectivity index (χ0v) is 30.0. The van der Waals surface area contributed by atoms with Gasteiger partial charge < -0.3 is 15.7 Å². The summed E-state index contributed by atoms with van der Waals surface area (Å²) in [6.07, 6.45) is 38.4. The van der Waals surface area contributed by atoms with E-state index in [-0.39, 0.29) is 11.8 Å². The Balaban J connectivity index is 3.62. The summed E-state index contributed by atoms with van der Waals surface area (Å²) < 4.78 is 0. The molecule has 0 saturated carbocycles. The topological polar surface area (TPSA) is 78.4 Å². The van der Waals surface area contributed by atoms with E-state index < -0.39 is 12.3 Å². The van der Waals surface area contributed by atoms with Crippen LogP contribution in [0.5, 0.6) is 0 Å². The van der Waals surface area contributed by atoms with E-state index in [1.807, 2.05) is 0 Å². The first-order chi connectivity index (χ1) is 21.5. The van der Waals surface area contributed by atoms with Gasteiger partial charge in [-0.3, -0.25) is 9.59 Å². The van der Waals surface area contributed by atoms with Gasteiger partial charge in [-0.25, -0.2) is 0 Å². The fourth-order valence-electron chi connectivity index (χ4n) is 6.08. The van der Waals surface area contributed by atoms with Crippen LogP contribution in [-0.4, -0.2) is 29.2 Å². The second kappa shape index (κ2) is 34.8. The molecule has 1 atom stereocenters. The summed E-state index contributed by atoms with van der Waals surface area (Å²) in [7, 11) is 0. The molecule has 0 rings (SSSR count). The van der Waals surface area contributed by atoms with Crippen LogP contribution < -0.4 is 10.6 Å². The van der Waals surface area contributed by atoms with E-state index in [2.05, 4.69) is 24.5 Å². The van der Waals surface area contributed by atoms with Crippen LogP contribution in [0.4, 0.5) is 0 Å². The van der Waals surface area contributed by atoms with Crippen LogP contribution in [0.1, 0.15) is 226 Å². The maximum absolute atomic E-state index is 12.4. The Morgan fingerprint density at radius 3 is 0.818 bits per heavy atom. The number of hydrogen-bond acceptors (Lipinski definition) is 3. The lowest BCUT2D eigenvalue weighted by Gasteiger charge is -2.23. The predicted octanol–water partition coefficient (Wildman–Crippen LogP) is 11.4. The Kier molecular flexibility index (Phi) is 33.9. The van der Waals surface area contributed by atoms with Gasteiger partial charge in [-0.1, -0.05) is 194 Å². The van der Waals surface area contributed by atoms with Gasteiger partial charge in [-0.2, -0.15) is 0 Å². The van der Waals surface area contributed by atoms with Crippen LogP contribution in [-0.2, 0) is 9.59 Å². The van der Waals surface area contributed by atoms with E-state index in [1.54, 1.807) is 6.92 Å². The standard InChI is InChI=1S/C39H78N2O3/c1-4-6-8-10-12-14-16-18-20-22-24-26-28-30-32-34-37(43)40-39(36(3)42)41-38(44)35-33-31-29-27-25-23-21-19-17-15-13-11-9-7-5-2/h36,39,42H,4-35H2,1-3H3,(H,40,43)(H,41,44). The summed E-state index contributed by atoms with van der Waals surface area (Å²) in [4.78, 5) is 24.8. The molecule has 0 aliphatic heterocycles. The van der Waals surface area contributed by atoms with Crippen LogP contribution in [0.25, 0.3) is 0 Å². The Morgan fingerprint density at radius 1 is 0.409 bits per heavy atom. The highest BCUT2D eigenvalue weighted by atomic mass is 16.3. The summed E-state index contributed by atoms with van der Waals surface area (Å²) >= 11 is 0. The Labute approximate surface area is 275 Å². The molecule has 5 heteroatoms. The normalized spacial score (nSPS) is 12.1. The third-order valence-electron chi connectivity index (χ3n) is 9.13. The van der Waals surface area contributed by atoms with Crippen molar-refractivity contribution in [3.05, 3.63) is 0 Å². The molecule has 0 bridgehead atoms. The number of hydrogen-bond donors (Lipinski definition) is 3. The molecule has 1 unspecified atom stereocenters. The first kappa shape index (κ1) is 42.9. The minimum absolute atomic E-state index is 0.0853. The van der Waals surface area contributed by atoms with Crippen molar-refractivity contribution in [3.63, 3.8) is 0 Å². The number of carbonyl (C=O) groups is 2. The molecule has 0 aliphatic carbocycles. The second-order valence-electron chi connectivity index (χ2n) is 13.8. The molecular weight excluding hydrogens is 544 g/mol. The van der Waals surface area contributed by atoms with Gasteiger partial charge in [-0.15, -0.1) is 0 Å². The first-order valence-electron chi connectivity index (χ1n) is 19.8. The van der Waals surface area contributed by atoms with Gasteiger partial charge in [0.1, 0.15) is 6.17 Å². The zero-order valence-electron chi connectivity index (χ0n) is 30.0. The van der Waals surface area contributed by atoms with Crippen molar-refractivity contribution in [2.45, 2.75) is 239 Å². The molecule has 2 amide bonds. The highest BCUT2D eigenvalue weighted by Crippen LogP contribution is 2.15. The Bertz CT molecular complexity index is 562. The lowest BCUT2D eigenvalue weighted by atomic mass is 10.0. The molecular formula is C39H78N2O3. The van der Waals surface area contributed by atoms with E-state index >= 15 is 0 Å². The van der Waals surface area contributed by atoms with Gasteiger partial charge in [0.25, 0.3) is 0 Å². The molecule has 0 heterocycles. The van der Waals surface area contributed by atoms with Crippen molar-refractivity contribution < 1.29 is 14.7 Å². The van der Waals surface area contributed by atoms with Crippen molar-refractivity contribution in [3.8, 4) is 0 Å². The van der Waals surface area contributed by atoms with E-state index in [1.165, 1.54) is 167 Å². The summed E-state index contributed by atoms with van der Waals surface area (Å²) in [6, 6.07) is 0. The monoisotopic (exact) mass is 623 g/mol. The molecule has 0 aromatic carbocycles. The van der Waals surface area contributed by atoms with E-state index in [9.17, 15) is 14.7 Å².